The first-order valence-electron chi connectivity index (χ1n) is 7.45. The molecule has 150 valence electrons. The van der Waals surface area contributed by atoms with Crippen molar-refractivity contribution in [3.8, 4) is 0 Å². The Morgan fingerprint density at radius 1 is 0.800 bits per heavy atom. The first-order chi connectivity index (χ1) is 11.2. The lowest BCUT2D eigenvalue weighted by Crippen LogP contribution is -2.49. The van der Waals surface area contributed by atoms with Crippen molar-refractivity contribution in [1.82, 2.24) is 10.2 Å². The molecule has 0 bridgehead atoms. The molecule has 0 aromatic carbocycles. The lowest BCUT2D eigenvalue weighted by atomic mass is 10.0. The van der Waals surface area contributed by atoms with Gasteiger partial charge in [0.15, 0.2) is 0 Å². The monoisotopic (exact) mass is 390 g/mol. The normalized spacial score (nSPS) is 18.6. The molecule has 1 rings (SSSR count). The number of morpholine rings is 1. The fraction of sp³-hybridized carbons (Fsp3) is 1.00. The van der Waals surface area contributed by atoms with Crippen LogP contribution in [0.5, 0.6) is 0 Å². The van der Waals surface area contributed by atoms with Crippen molar-refractivity contribution in [2.75, 3.05) is 45.9 Å². The maximum absolute atomic E-state index is 13.5. The van der Waals surface area contributed by atoms with Gasteiger partial charge in [-0.05, 0) is 0 Å². The topological polar surface area (TPSA) is 24.5 Å². The van der Waals surface area contributed by atoms with Crippen LogP contribution < -0.4 is 5.32 Å². The summed E-state index contributed by atoms with van der Waals surface area (Å²) < 4.78 is 120. The smallest absolute Gasteiger partial charge is 0.379 e. The molecule has 0 amide bonds. The zero-order chi connectivity index (χ0) is 19.4. The zero-order valence-electron chi connectivity index (χ0n) is 13.1. The Labute approximate surface area is 138 Å². The van der Waals surface area contributed by atoms with Crippen LogP contribution in [-0.4, -0.2) is 74.8 Å². The third kappa shape index (κ3) is 7.99. The summed E-state index contributed by atoms with van der Waals surface area (Å²) in [4.78, 5) is 1.86. The first-order valence-corrected chi connectivity index (χ1v) is 7.45. The molecule has 0 spiro atoms. The minimum absolute atomic E-state index is 0.0138. The van der Waals surface area contributed by atoms with Gasteiger partial charge in [-0.15, -0.1) is 0 Å². The number of nitrogens with one attached hydrogen (secondary N) is 1. The van der Waals surface area contributed by atoms with E-state index in [4.69, 9.17) is 4.74 Å². The molecule has 0 aliphatic carbocycles. The molecule has 0 radical (unpaired) electrons. The molecular formula is C13H19F9N2O. The second kappa shape index (κ2) is 8.30. The van der Waals surface area contributed by atoms with E-state index in [9.17, 15) is 39.5 Å². The molecule has 3 nitrogen and oxygen atoms in total. The average Bonchev–Trinajstić information content (AvgIpc) is 2.41. The average molecular weight is 390 g/mol. The van der Waals surface area contributed by atoms with E-state index in [1.807, 2.05) is 4.90 Å². The molecule has 0 atom stereocenters. The van der Waals surface area contributed by atoms with Gasteiger partial charge in [0.05, 0.1) is 26.2 Å². The molecule has 1 N–H and O–H groups in total. The Bertz CT molecular complexity index is 409. The Kier molecular flexibility index (Phi) is 7.40. The van der Waals surface area contributed by atoms with E-state index in [1.54, 1.807) is 0 Å². The molecule has 1 aliphatic rings. The van der Waals surface area contributed by atoms with Crippen molar-refractivity contribution < 1.29 is 44.3 Å². The standard InChI is InChI=1S/C13H19F9N2O/c14-10(15,9-23-1-2-24-3-5-25-6-4-24)7-11(16,17)12(18,19)8-13(20,21)22/h23H,1-9H2. The summed E-state index contributed by atoms with van der Waals surface area (Å²) in [7, 11) is 0. The van der Waals surface area contributed by atoms with Gasteiger partial charge in [-0.2, -0.15) is 30.7 Å². The summed E-state index contributed by atoms with van der Waals surface area (Å²) in [5.41, 5.74) is 0. The van der Waals surface area contributed by atoms with Crippen LogP contribution in [0.15, 0.2) is 0 Å². The number of nitrogens with zero attached hydrogens (tertiary/aromatic N) is 1. The minimum Gasteiger partial charge on any atom is -0.379 e. The molecule has 0 saturated carbocycles. The Morgan fingerprint density at radius 2 is 1.32 bits per heavy atom. The van der Waals surface area contributed by atoms with Gasteiger partial charge in [-0.1, -0.05) is 0 Å². The van der Waals surface area contributed by atoms with Crippen LogP contribution in [0.4, 0.5) is 39.5 Å². The van der Waals surface area contributed by atoms with E-state index in [1.165, 1.54) is 0 Å². The van der Waals surface area contributed by atoms with Gasteiger partial charge in [0.25, 0.3) is 5.92 Å². The van der Waals surface area contributed by atoms with Crippen molar-refractivity contribution in [3.05, 3.63) is 0 Å². The largest absolute Gasteiger partial charge is 0.395 e. The van der Waals surface area contributed by atoms with Gasteiger partial charge in [-0.3, -0.25) is 4.90 Å². The summed E-state index contributed by atoms with van der Waals surface area (Å²) in [5, 5.41) is 2.16. The van der Waals surface area contributed by atoms with Gasteiger partial charge in [-0.25, -0.2) is 8.78 Å². The predicted molar refractivity (Wildman–Crippen MR) is 70.3 cm³/mol. The highest BCUT2D eigenvalue weighted by molar-refractivity contribution is 4.91. The summed E-state index contributed by atoms with van der Waals surface area (Å²) >= 11 is 0. The molecule has 1 heterocycles. The highest BCUT2D eigenvalue weighted by Crippen LogP contribution is 2.46. The van der Waals surface area contributed by atoms with Gasteiger partial charge in [0.2, 0.25) is 0 Å². The highest BCUT2D eigenvalue weighted by atomic mass is 19.4. The second-order valence-electron chi connectivity index (χ2n) is 5.86. The molecule has 0 aromatic rings. The highest BCUT2D eigenvalue weighted by Gasteiger charge is 2.63. The molecular weight excluding hydrogens is 371 g/mol. The lowest BCUT2D eigenvalue weighted by Gasteiger charge is -2.30. The predicted octanol–water partition coefficient (Wildman–Crippen LogP) is 3.16. The SMILES string of the molecule is FC(F)(F)CC(F)(F)C(F)(F)CC(F)(F)CNCCN1CCOCC1. The van der Waals surface area contributed by atoms with Crippen molar-refractivity contribution in [2.45, 2.75) is 36.8 Å². The Morgan fingerprint density at radius 3 is 1.84 bits per heavy atom. The zero-order valence-corrected chi connectivity index (χ0v) is 13.1. The number of hydrogen-bond donors (Lipinski definition) is 1. The Balaban J connectivity index is 2.45. The lowest BCUT2D eigenvalue weighted by molar-refractivity contribution is -0.279. The van der Waals surface area contributed by atoms with Crippen molar-refractivity contribution in [2.24, 2.45) is 0 Å². The van der Waals surface area contributed by atoms with E-state index < -0.39 is 43.3 Å². The van der Waals surface area contributed by atoms with Crippen LogP contribution in [0.3, 0.4) is 0 Å². The minimum atomic E-state index is -5.61. The first kappa shape index (κ1) is 22.3. The van der Waals surface area contributed by atoms with Crippen LogP contribution in [0.2, 0.25) is 0 Å². The quantitative estimate of drug-likeness (QED) is 0.484. The fourth-order valence-corrected chi connectivity index (χ4v) is 2.23. The van der Waals surface area contributed by atoms with E-state index in [-0.39, 0.29) is 6.54 Å². The third-order valence-electron chi connectivity index (χ3n) is 3.53. The number of alkyl halides is 9. The molecule has 12 heteroatoms. The molecule has 0 unspecified atom stereocenters. The van der Waals surface area contributed by atoms with Crippen molar-refractivity contribution in [3.63, 3.8) is 0 Å². The van der Waals surface area contributed by atoms with Crippen LogP contribution in [-0.2, 0) is 4.74 Å². The van der Waals surface area contributed by atoms with E-state index in [2.05, 4.69) is 5.32 Å². The summed E-state index contributed by atoms with van der Waals surface area (Å²) in [6.07, 6.45) is -11.4. The van der Waals surface area contributed by atoms with E-state index >= 15 is 0 Å². The van der Waals surface area contributed by atoms with Gasteiger partial charge in [0.1, 0.15) is 6.42 Å². The third-order valence-corrected chi connectivity index (χ3v) is 3.53. The summed E-state index contributed by atoms with van der Waals surface area (Å²) in [6.45, 7) is 1.04. The van der Waals surface area contributed by atoms with Gasteiger partial charge in [0, 0.05) is 26.2 Å². The Hall–Kier alpha value is -0.750. The van der Waals surface area contributed by atoms with Crippen LogP contribution >= 0.6 is 0 Å². The fourth-order valence-electron chi connectivity index (χ4n) is 2.23. The van der Waals surface area contributed by atoms with Gasteiger partial charge < -0.3 is 10.1 Å². The molecule has 1 aliphatic heterocycles. The van der Waals surface area contributed by atoms with E-state index in [0.717, 1.165) is 0 Å². The number of halogens is 9. The summed E-state index contributed by atoms with van der Waals surface area (Å²) in [5.74, 6) is -15.4. The molecule has 1 fully saturated rings. The molecule has 0 aromatic heterocycles. The number of rotatable bonds is 9. The molecule has 1 saturated heterocycles. The van der Waals surface area contributed by atoms with Crippen molar-refractivity contribution in [1.29, 1.82) is 0 Å². The van der Waals surface area contributed by atoms with Crippen LogP contribution in [0, 0.1) is 0 Å². The van der Waals surface area contributed by atoms with E-state index in [0.29, 0.717) is 32.8 Å². The number of ether oxygens (including phenoxy) is 1. The maximum atomic E-state index is 13.5. The maximum Gasteiger partial charge on any atom is 0.395 e. The second-order valence-corrected chi connectivity index (χ2v) is 5.86. The van der Waals surface area contributed by atoms with Crippen LogP contribution in [0.1, 0.15) is 12.8 Å². The van der Waals surface area contributed by atoms with Crippen molar-refractivity contribution >= 4 is 0 Å². The van der Waals surface area contributed by atoms with Gasteiger partial charge >= 0.3 is 18.0 Å². The molecule has 25 heavy (non-hydrogen) atoms. The van der Waals surface area contributed by atoms with Crippen LogP contribution in [0.25, 0.3) is 0 Å². The number of hydrogen-bond acceptors (Lipinski definition) is 3. The summed E-state index contributed by atoms with van der Waals surface area (Å²) in [6, 6.07) is 0.